The van der Waals surface area contributed by atoms with Crippen molar-refractivity contribution in [2.45, 2.75) is 11.0 Å². The number of ether oxygens (including phenoxy) is 1. The molecule has 0 aliphatic carbocycles. The second kappa shape index (κ2) is 8.74. The minimum atomic E-state index is -4.02. The predicted molar refractivity (Wildman–Crippen MR) is 95.6 cm³/mol. The molecule has 0 spiro atoms. The molecule has 0 radical (unpaired) electrons. The minimum absolute atomic E-state index is 0.194. The number of amides is 1. The Labute approximate surface area is 156 Å². The highest BCUT2D eigenvalue weighted by Gasteiger charge is 2.27. The first-order valence-corrected chi connectivity index (χ1v) is 9.40. The summed E-state index contributed by atoms with van der Waals surface area (Å²) in [6.07, 6.45) is -1.19. The fourth-order valence-electron chi connectivity index (χ4n) is 2.15. The summed E-state index contributed by atoms with van der Waals surface area (Å²) in [7, 11) is -0.988. The van der Waals surface area contributed by atoms with Gasteiger partial charge >= 0.3 is 5.97 Å². The molecule has 0 aromatic heterocycles. The Balaban J connectivity index is 2.07. The number of esters is 1. The summed E-state index contributed by atoms with van der Waals surface area (Å²) >= 11 is 0. The maximum atomic E-state index is 12.9. The summed E-state index contributed by atoms with van der Waals surface area (Å²) in [6.45, 7) is -0.677. The van der Waals surface area contributed by atoms with Gasteiger partial charge in [-0.05, 0) is 24.3 Å². The van der Waals surface area contributed by atoms with Crippen LogP contribution in [0.15, 0.2) is 59.5 Å². The van der Waals surface area contributed by atoms with Gasteiger partial charge in [-0.25, -0.2) is 12.8 Å². The highest BCUT2D eigenvalue weighted by molar-refractivity contribution is 7.89. The van der Waals surface area contributed by atoms with Gasteiger partial charge in [-0.2, -0.15) is 4.72 Å². The predicted octanol–water partition coefficient (Wildman–Crippen LogP) is 1.48. The largest absolute Gasteiger partial charge is 0.446 e. The van der Waals surface area contributed by atoms with E-state index in [-0.39, 0.29) is 4.90 Å². The van der Waals surface area contributed by atoms with Crippen molar-refractivity contribution in [3.05, 3.63) is 66.0 Å². The Hall–Kier alpha value is -2.78. The molecule has 1 amide bonds. The lowest BCUT2D eigenvalue weighted by atomic mass is 10.1. The number of carbonyl (C=O) groups is 2. The second-order valence-corrected chi connectivity index (χ2v) is 7.56. The molecule has 1 atom stereocenters. The van der Waals surface area contributed by atoms with Gasteiger partial charge in [0.25, 0.3) is 5.91 Å². The van der Waals surface area contributed by atoms with Gasteiger partial charge in [0.1, 0.15) is 12.4 Å². The van der Waals surface area contributed by atoms with E-state index >= 15 is 0 Å². The smallest absolute Gasteiger partial charge is 0.322 e. The lowest BCUT2D eigenvalue weighted by molar-refractivity contribution is -0.158. The first kappa shape index (κ1) is 20.5. The van der Waals surface area contributed by atoms with E-state index in [1.165, 1.54) is 19.0 Å². The molecule has 0 aliphatic rings. The molecule has 0 saturated heterocycles. The zero-order valence-electron chi connectivity index (χ0n) is 14.8. The van der Waals surface area contributed by atoms with Crippen molar-refractivity contribution >= 4 is 21.9 Å². The van der Waals surface area contributed by atoms with Gasteiger partial charge in [-0.3, -0.25) is 9.59 Å². The number of sulfonamides is 1. The Morgan fingerprint density at radius 3 is 2.22 bits per heavy atom. The van der Waals surface area contributed by atoms with Crippen LogP contribution in [0, 0.1) is 5.82 Å². The fourth-order valence-corrected chi connectivity index (χ4v) is 3.12. The first-order valence-electron chi connectivity index (χ1n) is 7.91. The molecular weight excluding hydrogens is 375 g/mol. The number of benzene rings is 2. The van der Waals surface area contributed by atoms with E-state index in [1.54, 1.807) is 30.3 Å². The van der Waals surface area contributed by atoms with E-state index in [2.05, 4.69) is 4.72 Å². The molecule has 0 aliphatic heterocycles. The van der Waals surface area contributed by atoms with Crippen molar-refractivity contribution < 1.29 is 27.1 Å². The van der Waals surface area contributed by atoms with Crippen LogP contribution in [0.2, 0.25) is 0 Å². The maximum absolute atomic E-state index is 12.9. The number of hydrogen-bond donors (Lipinski definition) is 1. The highest BCUT2D eigenvalue weighted by Crippen LogP contribution is 2.19. The average molecular weight is 394 g/mol. The first-order chi connectivity index (χ1) is 12.7. The van der Waals surface area contributed by atoms with Crippen molar-refractivity contribution in [1.82, 2.24) is 9.62 Å². The summed E-state index contributed by atoms with van der Waals surface area (Å²) in [5, 5.41) is 0. The Bertz CT molecular complexity index is 899. The van der Waals surface area contributed by atoms with Crippen LogP contribution in [-0.4, -0.2) is 45.8 Å². The molecule has 2 aromatic carbocycles. The number of likely N-dealkylation sites (N-methyl/N-ethyl adjacent to an activating group) is 1. The standard InChI is InChI=1S/C18H19FN2O5S/c1-21(2)18(23)17(13-6-4-3-5-7-13)26-16(22)12-20-27(24,25)15-10-8-14(19)9-11-15/h3-11,17,20H,12H2,1-2H3/t17-/m0/s1. The highest BCUT2D eigenvalue weighted by atomic mass is 32.2. The third-order valence-electron chi connectivity index (χ3n) is 3.55. The lowest BCUT2D eigenvalue weighted by Crippen LogP contribution is -2.35. The van der Waals surface area contributed by atoms with Crippen LogP contribution >= 0.6 is 0 Å². The molecule has 0 heterocycles. The molecular formula is C18H19FN2O5S. The van der Waals surface area contributed by atoms with Crippen molar-refractivity contribution in [3.63, 3.8) is 0 Å². The quantitative estimate of drug-likeness (QED) is 0.718. The second-order valence-electron chi connectivity index (χ2n) is 5.79. The van der Waals surface area contributed by atoms with E-state index in [1.807, 2.05) is 0 Å². The van der Waals surface area contributed by atoms with Crippen LogP contribution < -0.4 is 4.72 Å². The molecule has 2 rings (SSSR count). The van der Waals surface area contributed by atoms with Gasteiger partial charge in [0.05, 0.1) is 4.90 Å². The molecule has 144 valence electrons. The van der Waals surface area contributed by atoms with Gasteiger partial charge in [-0.1, -0.05) is 30.3 Å². The summed E-state index contributed by atoms with van der Waals surface area (Å²) < 4.78 is 44.4. The van der Waals surface area contributed by atoms with Crippen molar-refractivity contribution in [3.8, 4) is 0 Å². The van der Waals surface area contributed by atoms with Crippen LogP contribution in [-0.2, 0) is 24.3 Å². The van der Waals surface area contributed by atoms with Crippen molar-refractivity contribution in [2.75, 3.05) is 20.6 Å². The maximum Gasteiger partial charge on any atom is 0.322 e. The lowest BCUT2D eigenvalue weighted by Gasteiger charge is -2.21. The van der Waals surface area contributed by atoms with Gasteiger partial charge in [0, 0.05) is 19.7 Å². The molecule has 2 aromatic rings. The van der Waals surface area contributed by atoms with Gasteiger partial charge in [-0.15, -0.1) is 0 Å². The third kappa shape index (κ3) is 5.60. The Kier molecular flexibility index (Phi) is 6.65. The van der Waals surface area contributed by atoms with Gasteiger partial charge < -0.3 is 9.64 Å². The number of rotatable bonds is 7. The molecule has 7 nitrogen and oxygen atoms in total. The minimum Gasteiger partial charge on any atom is -0.446 e. The molecule has 0 bridgehead atoms. The van der Waals surface area contributed by atoms with E-state index < -0.39 is 40.4 Å². The monoisotopic (exact) mass is 394 g/mol. The molecule has 27 heavy (non-hydrogen) atoms. The Morgan fingerprint density at radius 2 is 1.67 bits per heavy atom. The summed E-state index contributed by atoms with van der Waals surface area (Å²) in [5.74, 6) is -1.97. The normalized spacial score (nSPS) is 12.3. The number of carbonyl (C=O) groups excluding carboxylic acids is 2. The summed E-state index contributed by atoms with van der Waals surface area (Å²) in [4.78, 5) is 25.5. The zero-order chi connectivity index (χ0) is 20.0. The van der Waals surface area contributed by atoms with Crippen LogP contribution in [0.4, 0.5) is 4.39 Å². The van der Waals surface area contributed by atoms with E-state index in [0.29, 0.717) is 5.56 Å². The van der Waals surface area contributed by atoms with Gasteiger partial charge in [0.15, 0.2) is 0 Å². The van der Waals surface area contributed by atoms with E-state index in [0.717, 1.165) is 24.3 Å². The number of hydrogen-bond acceptors (Lipinski definition) is 5. The number of nitrogens with one attached hydrogen (secondary N) is 1. The van der Waals surface area contributed by atoms with Crippen LogP contribution in [0.25, 0.3) is 0 Å². The SMILES string of the molecule is CN(C)C(=O)[C@@H](OC(=O)CNS(=O)(=O)c1ccc(F)cc1)c1ccccc1. The number of nitrogens with zero attached hydrogens (tertiary/aromatic N) is 1. The van der Waals surface area contributed by atoms with E-state index in [9.17, 15) is 22.4 Å². The zero-order valence-corrected chi connectivity index (χ0v) is 15.6. The molecule has 9 heteroatoms. The third-order valence-corrected chi connectivity index (χ3v) is 4.96. The van der Waals surface area contributed by atoms with Gasteiger partial charge in [0.2, 0.25) is 16.1 Å². The van der Waals surface area contributed by atoms with E-state index in [4.69, 9.17) is 4.74 Å². The fraction of sp³-hybridized carbons (Fsp3) is 0.222. The van der Waals surface area contributed by atoms with Crippen molar-refractivity contribution in [1.29, 1.82) is 0 Å². The topological polar surface area (TPSA) is 92.8 Å². The summed E-state index contributed by atoms with van der Waals surface area (Å²) in [5.41, 5.74) is 0.464. The summed E-state index contributed by atoms with van der Waals surface area (Å²) in [6, 6.07) is 12.5. The van der Waals surface area contributed by atoms with Crippen LogP contribution in [0.1, 0.15) is 11.7 Å². The number of halogens is 1. The average Bonchev–Trinajstić information content (AvgIpc) is 2.65. The van der Waals surface area contributed by atoms with Crippen LogP contribution in [0.3, 0.4) is 0 Å². The molecule has 0 unspecified atom stereocenters. The Morgan fingerprint density at radius 1 is 1.07 bits per heavy atom. The molecule has 0 fully saturated rings. The molecule has 1 N–H and O–H groups in total. The molecule has 0 saturated carbocycles. The van der Waals surface area contributed by atoms with Crippen LogP contribution in [0.5, 0.6) is 0 Å². The van der Waals surface area contributed by atoms with Crippen molar-refractivity contribution in [2.24, 2.45) is 0 Å².